The van der Waals surface area contributed by atoms with Crippen LogP contribution in [0.4, 0.5) is 4.39 Å². The van der Waals surface area contributed by atoms with Crippen molar-refractivity contribution in [3.63, 3.8) is 0 Å². The molecule has 2 aromatic carbocycles. The lowest BCUT2D eigenvalue weighted by atomic mass is 10.1. The zero-order chi connectivity index (χ0) is 16.7. The van der Waals surface area contributed by atoms with E-state index in [4.69, 9.17) is 10.5 Å². The van der Waals surface area contributed by atoms with Crippen molar-refractivity contribution in [3.8, 4) is 5.75 Å². The van der Waals surface area contributed by atoms with Crippen LogP contribution in [0.2, 0.25) is 0 Å². The molecule has 24 heavy (non-hydrogen) atoms. The third-order valence-electron chi connectivity index (χ3n) is 3.49. The van der Waals surface area contributed by atoms with Crippen molar-refractivity contribution in [2.75, 3.05) is 6.54 Å². The van der Waals surface area contributed by atoms with Gasteiger partial charge in [0.1, 0.15) is 18.2 Å². The van der Waals surface area contributed by atoms with Crippen LogP contribution in [-0.4, -0.2) is 12.5 Å². The number of nitrogens with two attached hydrogens (primary N) is 1. The van der Waals surface area contributed by atoms with Gasteiger partial charge < -0.3 is 15.8 Å². The Morgan fingerprint density at radius 2 is 1.92 bits per heavy atom. The molecule has 0 fully saturated rings. The van der Waals surface area contributed by atoms with E-state index in [1.807, 2.05) is 30.3 Å². The predicted octanol–water partition coefficient (Wildman–Crippen LogP) is 3.04. The van der Waals surface area contributed by atoms with Gasteiger partial charge >= 0.3 is 0 Å². The fourth-order valence-electron chi connectivity index (χ4n) is 1.97. The number of halogens is 2. The van der Waals surface area contributed by atoms with Crippen LogP contribution in [0.15, 0.2) is 48.5 Å². The average molecular weight is 353 g/mol. The smallest absolute Gasteiger partial charge is 0.224 e. The summed E-state index contributed by atoms with van der Waals surface area (Å²) < 4.78 is 18.7. The second kappa shape index (κ2) is 9.90. The molecule has 130 valence electrons. The van der Waals surface area contributed by atoms with E-state index >= 15 is 0 Å². The Hall–Kier alpha value is -2.11. The van der Waals surface area contributed by atoms with Crippen molar-refractivity contribution in [1.29, 1.82) is 0 Å². The largest absolute Gasteiger partial charge is 0.489 e. The highest BCUT2D eigenvalue weighted by molar-refractivity contribution is 5.85. The molecule has 0 bridgehead atoms. The maximum atomic E-state index is 13.1. The molecule has 0 saturated carbocycles. The Kier molecular flexibility index (Phi) is 8.22. The van der Waals surface area contributed by atoms with Crippen LogP contribution in [0.1, 0.15) is 18.1 Å². The van der Waals surface area contributed by atoms with Crippen LogP contribution in [0, 0.1) is 11.7 Å². The summed E-state index contributed by atoms with van der Waals surface area (Å²) in [7, 11) is 0. The number of hydrogen-bond acceptors (Lipinski definition) is 3. The van der Waals surface area contributed by atoms with E-state index in [0.717, 1.165) is 11.1 Å². The molecule has 0 aliphatic rings. The molecule has 2 rings (SSSR count). The van der Waals surface area contributed by atoms with E-state index in [1.54, 1.807) is 13.0 Å². The summed E-state index contributed by atoms with van der Waals surface area (Å²) in [5.41, 5.74) is 7.20. The second-order valence-corrected chi connectivity index (χ2v) is 5.42. The molecule has 0 aliphatic carbocycles. The Morgan fingerprint density at radius 3 is 2.54 bits per heavy atom. The molecule has 2 aromatic rings. The SMILES string of the molecule is CC(CN)C(=O)NCc1ccc(OCc2cccc(F)c2)cc1.Cl. The van der Waals surface area contributed by atoms with Crippen LogP contribution in [0.3, 0.4) is 0 Å². The van der Waals surface area contributed by atoms with Gasteiger partial charge in [0.15, 0.2) is 0 Å². The molecule has 3 N–H and O–H groups in total. The van der Waals surface area contributed by atoms with Crippen molar-refractivity contribution in [2.24, 2.45) is 11.7 Å². The summed E-state index contributed by atoms with van der Waals surface area (Å²) in [5.74, 6) is 0.173. The lowest BCUT2D eigenvalue weighted by Gasteiger charge is -2.11. The summed E-state index contributed by atoms with van der Waals surface area (Å²) in [5, 5.41) is 2.83. The molecule has 1 amide bonds. The Labute approximate surface area is 147 Å². The van der Waals surface area contributed by atoms with E-state index < -0.39 is 0 Å². The van der Waals surface area contributed by atoms with Gasteiger partial charge in [0.05, 0.1) is 0 Å². The summed E-state index contributed by atoms with van der Waals surface area (Å²) in [4.78, 5) is 11.7. The van der Waals surface area contributed by atoms with E-state index in [-0.39, 0.29) is 30.0 Å². The highest BCUT2D eigenvalue weighted by Crippen LogP contribution is 2.14. The number of carbonyl (C=O) groups excluding carboxylic acids is 1. The van der Waals surface area contributed by atoms with E-state index in [0.29, 0.717) is 25.4 Å². The number of nitrogens with one attached hydrogen (secondary N) is 1. The van der Waals surface area contributed by atoms with Gasteiger partial charge in [0.2, 0.25) is 5.91 Å². The van der Waals surface area contributed by atoms with Gasteiger partial charge in [-0.05, 0) is 35.4 Å². The number of benzene rings is 2. The molecule has 0 saturated heterocycles. The summed E-state index contributed by atoms with van der Waals surface area (Å²) in [6.07, 6.45) is 0. The maximum Gasteiger partial charge on any atom is 0.224 e. The Morgan fingerprint density at radius 1 is 1.21 bits per heavy atom. The van der Waals surface area contributed by atoms with Crippen LogP contribution in [-0.2, 0) is 17.9 Å². The van der Waals surface area contributed by atoms with Crippen LogP contribution in [0.25, 0.3) is 0 Å². The van der Waals surface area contributed by atoms with Crippen molar-refractivity contribution in [1.82, 2.24) is 5.32 Å². The quantitative estimate of drug-likeness (QED) is 0.805. The molecule has 6 heteroatoms. The third-order valence-corrected chi connectivity index (χ3v) is 3.49. The number of amides is 1. The minimum atomic E-state index is -0.274. The highest BCUT2D eigenvalue weighted by atomic mass is 35.5. The molecule has 4 nitrogen and oxygen atoms in total. The number of hydrogen-bond donors (Lipinski definition) is 2. The first-order valence-electron chi connectivity index (χ1n) is 7.52. The van der Waals surface area contributed by atoms with Crippen LogP contribution >= 0.6 is 12.4 Å². The molecule has 1 unspecified atom stereocenters. The molecule has 1 atom stereocenters. The van der Waals surface area contributed by atoms with Crippen molar-refractivity contribution in [2.45, 2.75) is 20.1 Å². The molecular formula is C18H22ClFN2O2. The Bertz CT molecular complexity index is 650. The lowest BCUT2D eigenvalue weighted by molar-refractivity contribution is -0.124. The molecular weight excluding hydrogens is 331 g/mol. The first-order chi connectivity index (χ1) is 11.1. The van der Waals surface area contributed by atoms with E-state index in [9.17, 15) is 9.18 Å². The monoisotopic (exact) mass is 352 g/mol. The van der Waals surface area contributed by atoms with Crippen molar-refractivity contribution >= 4 is 18.3 Å². The van der Waals surface area contributed by atoms with Gasteiger partial charge in [-0.3, -0.25) is 4.79 Å². The number of ether oxygens (including phenoxy) is 1. The summed E-state index contributed by atoms with van der Waals surface area (Å²) in [6.45, 7) is 2.88. The average Bonchev–Trinajstić information content (AvgIpc) is 2.58. The van der Waals surface area contributed by atoms with E-state index in [2.05, 4.69) is 5.32 Å². The molecule has 0 radical (unpaired) electrons. The minimum absolute atomic E-state index is 0. The van der Waals surface area contributed by atoms with Gasteiger partial charge in [-0.1, -0.05) is 31.2 Å². The first kappa shape index (κ1) is 19.9. The highest BCUT2D eigenvalue weighted by Gasteiger charge is 2.09. The van der Waals surface area contributed by atoms with Crippen molar-refractivity contribution in [3.05, 3.63) is 65.5 Å². The summed E-state index contributed by atoms with van der Waals surface area (Å²) >= 11 is 0. The Balaban J connectivity index is 0.00000288. The second-order valence-electron chi connectivity index (χ2n) is 5.42. The zero-order valence-electron chi connectivity index (χ0n) is 13.5. The van der Waals surface area contributed by atoms with Gasteiger partial charge in [-0.25, -0.2) is 4.39 Å². The van der Waals surface area contributed by atoms with Crippen LogP contribution < -0.4 is 15.8 Å². The predicted molar refractivity (Wildman–Crippen MR) is 94.5 cm³/mol. The first-order valence-corrected chi connectivity index (χ1v) is 7.52. The normalized spacial score (nSPS) is 11.3. The van der Waals surface area contributed by atoms with Gasteiger partial charge in [0, 0.05) is 19.0 Å². The number of carbonyl (C=O) groups is 1. The van der Waals surface area contributed by atoms with Gasteiger partial charge in [-0.2, -0.15) is 0 Å². The van der Waals surface area contributed by atoms with Gasteiger partial charge in [-0.15, -0.1) is 12.4 Å². The van der Waals surface area contributed by atoms with Crippen LogP contribution in [0.5, 0.6) is 5.75 Å². The molecule has 0 aromatic heterocycles. The molecule has 0 heterocycles. The van der Waals surface area contributed by atoms with Gasteiger partial charge in [0.25, 0.3) is 0 Å². The standard InChI is InChI=1S/C18H21FN2O2.ClH/c1-13(10-20)18(22)21-11-14-5-7-17(8-6-14)23-12-15-3-2-4-16(19)9-15;/h2-9,13H,10-12,20H2,1H3,(H,21,22);1H. The fraction of sp³-hybridized carbons (Fsp3) is 0.278. The topological polar surface area (TPSA) is 64.4 Å². The fourth-order valence-corrected chi connectivity index (χ4v) is 1.97. The van der Waals surface area contributed by atoms with Crippen molar-refractivity contribution < 1.29 is 13.9 Å². The summed E-state index contributed by atoms with van der Waals surface area (Å²) in [6, 6.07) is 13.7. The van der Waals surface area contributed by atoms with E-state index in [1.165, 1.54) is 12.1 Å². The number of rotatable bonds is 7. The zero-order valence-corrected chi connectivity index (χ0v) is 14.3. The minimum Gasteiger partial charge on any atom is -0.489 e. The molecule has 0 spiro atoms. The molecule has 0 aliphatic heterocycles. The maximum absolute atomic E-state index is 13.1. The third kappa shape index (κ3) is 6.18. The lowest BCUT2D eigenvalue weighted by Crippen LogP contribution is -2.32.